The molecule has 1 N–H and O–H groups in total. The summed E-state index contributed by atoms with van der Waals surface area (Å²) in [5.41, 5.74) is 3.36. The third kappa shape index (κ3) is 3.44. The first kappa shape index (κ1) is 16.0. The summed E-state index contributed by atoms with van der Waals surface area (Å²) in [5, 5.41) is 8.70. The van der Waals surface area contributed by atoms with E-state index in [0.717, 1.165) is 24.2 Å². The van der Waals surface area contributed by atoms with Crippen LogP contribution in [-0.2, 0) is 0 Å². The molecule has 0 spiro atoms. The molecule has 0 saturated heterocycles. The van der Waals surface area contributed by atoms with Crippen LogP contribution in [0.5, 0.6) is 0 Å². The van der Waals surface area contributed by atoms with E-state index in [1.165, 1.54) is 5.56 Å². The van der Waals surface area contributed by atoms with Gasteiger partial charge in [0, 0.05) is 18.4 Å². The molecule has 2 heterocycles. The Morgan fingerprint density at radius 2 is 2.10 bits per heavy atom. The number of rotatable bonds is 6. The second-order valence-electron chi connectivity index (χ2n) is 5.54. The molecule has 0 aliphatic carbocycles. The zero-order chi connectivity index (χ0) is 15.4. The molecule has 1 atom stereocenters. The van der Waals surface area contributed by atoms with Crippen molar-refractivity contribution < 1.29 is 0 Å². The molecule has 2 aromatic rings. The largest absolute Gasteiger partial charge is 0.305 e. The molecule has 114 valence electrons. The SMILES string of the molecule is CCCNC(c1cnccc1C)c1c(Cl)cnn1C(C)C. The molecule has 2 aromatic heterocycles. The fourth-order valence-corrected chi connectivity index (χ4v) is 2.69. The van der Waals surface area contributed by atoms with E-state index in [2.05, 4.69) is 43.1 Å². The maximum absolute atomic E-state index is 6.42. The molecule has 0 bridgehead atoms. The van der Waals surface area contributed by atoms with Crippen LogP contribution in [0.1, 0.15) is 56.1 Å². The fraction of sp³-hybridized carbons (Fsp3) is 0.500. The molecular formula is C16H23ClN4. The van der Waals surface area contributed by atoms with Crippen molar-refractivity contribution in [3.63, 3.8) is 0 Å². The Morgan fingerprint density at radius 3 is 2.71 bits per heavy atom. The summed E-state index contributed by atoms with van der Waals surface area (Å²) in [4.78, 5) is 4.28. The second-order valence-corrected chi connectivity index (χ2v) is 5.94. The van der Waals surface area contributed by atoms with Crippen molar-refractivity contribution >= 4 is 11.6 Å². The maximum Gasteiger partial charge on any atom is 0.0837 e. The number of pyridine rings is 1. The van der Waals surface area contributed by atoms with Gasteiger partial charge in [0.15, 0.2) is 0 Å². The molecule has 0 aromatic carbocycles. The highest BCUT2D eigenvalue weighted by molar-refractivity contribution is 6.31. The van der Waals surface area contributed by atoms with Crippen LogP contribution in [0.15, 0.2) is 24.7 Å². The van der Waals surface area contributed by atoms with Crippen molar-refractivity contribution in [2.45, 2.75) is 46.2 Å². The van der Waals surface area contributed by atoms with Crippen LogP contribution in [-0.4, -0.2) is 21.3 Å². The summed E-state index contributed by atoms with van der Waals surface area (Å²) in [7, 11) is 0. The van der Waals surface area contributed by atoms with Gasteiger partial charge in [0.2, 0.25) is 0 Å². The van der Waals surface area contributed by atoms with Crippen LogP contribution in [0.3, 0.4) is 0 Å². The Hall–Kier alpha value is -1.39. The fourth-order valence-electron chi connectivity index (χ4n) is 2.45. The van der Waals surface area contributed by atoms with Crippen LogP contribution < -0.4 is 5.32 Å². The Balaban J connectivity index is 2.51. The lowest BCUT2D eigenvalue weighted by Crippen LogP contribution is -2.27. The van der Waals surface area contributed by atoms with E-state index in [0.29, 0.717) is 5.02 Å². The number of hydrogen-bond donors (Lipinski definition) is 1. The minimum Gasteiger partial charge on any atom is -0.305 e. The summed E-state index contributed by atoms with van der Waals surface area (Å²) < 4.78 is 1.99. The van der Waals surface area contributed by atoms with Gasteiger partial charge in [-0.15, -0.1) is 0 Å². The van der Waals surface area contributed by atoms with Crippen LogP contribution in [0.2, 0.25) is 5.02 Å². The average molecular weight is 307 g/mol. The van der Waals surface area contributed by atoms with E-state index in [-0.39, 0.29) is 12.1 Å². The molecule has 1 unspecified atom stereocenters. The molecule has 4 nitrogen and oxygen atoms in total. The predicted octanol–water partition coefficient (Wildman–Crippen LogP) is 3.91. The molecule has 21 heavy (non-hydrogen) atoms. The van der Waals surface area contributed by atoms with Crippen molar-refractivity contribution in [2.24, 2.45) is 0 Å². The number of nitrogens with zero attached hydrogens (tertiary/aromatic N) is 3. The quantitative estimate of drug-likeness (QED) is 0.880. The van der Waals surface area contributed by atoms with Gasteiger partial charge in [-0.25, -0.2) is 0 Å². The summed E-state index contributed by atoms with van der Waals surface area (Å²) in [6.45, 7) is 9.39. The number of hydrogen-bond acceptors (Lipinski definition) is 3. The van der Waals surface area contributed by atoms with E-state index in [4.69, 9.17) is 11.6 Å². The summed E-state index contributed by atoms with van der Waals surface area (Å²) >= 11 is 6.42. The molecular weight excluding hydrogens is 284 g/mol. The Labute approximate surface area is 131 Å². The normalized spacial score (nSPS) is 12.9. The molecule has 5 heteroatoms. The first-order valence-corrected chi connectivity index (χ1v) is 7.80. The van der Waals surface area contributed by atoms with Crippen molar-refractivity contribution in [1.82, 2.24) is 20.1 Å². The van der Waals surface area contributed by atoms with Crippen LogP contribution in [0.4, 0.5) is 0 Å². The van der Waals surface area contributed by atoms with Crippen molar-refractivity contribution in [3.8, 4) is 0 Å². The monoisotopic (exact) mass is 306 g/mol. The van der Waals surface area contributed by atoms with E-state index in [1.54, 1.807) is 6.20 Å². The predicted molar refractivity (Wildman–Crippen MR) is 86.7 cm³/mol. The average Bonchev–Trinajstić information content (AvgIpc) is 2.83. The smallest absolute Gasteiger partial charge is 0.0837 e. The molecule has 0 aliphatic heterocycles. The van der Waals surface area contributed by atoms with Gasteiger partial charge < -0.3 is 5.32 Å². The first-order chi connectivity index (χ1) is 10.1. The first-order valence-electron chi connectivity index (χ1n) is 7.43. The molecule has 2 rings (SSSR count). The number of halogens is 1. The van der Waals surface area contributed by atoms with Gasteiger partial charge in [0.05, 0.1) is 23.0 Å². The summed E-state index contributed by atoms with van der Waals surface area (Å²) in [6, 6.07) is 2.30. The number of nitrogens with one attached hydrogen (secondary N) is 1. The van der Waals surface area contributed by atoms with Crippen LogP contribution >= 0.6 is 11.6 Å². The Bertz CT molecular complexity index is 592. The summed E-state index contributed by atoms with van der Waals surface area (Å²) in [5.74, 6) is 0. The Morgan fingerprint density at radius 1 is 1.33 bits per heavy atom. The van der Waals surface area contributed by atoms with Crippen LogP contribution in [0.25, 0.3) is 0 Å². The maximum atomic E-state index is 6.42. The van der Waals surface area contributed by atoms with Gasteiger partial charge in [-0.05, 0) is 50.9 Å². The van der Waals surface area contributed by atoms with E-state index < -0.39 is 0 Å². The molecule has 0 aliphatic rings. The van der Waals surface area contributed by atoms with Crippen molar-refractivity contribution in [3.05, 3.63) is 46.5 Å². The zero-order valence-electron chi connectivity index (χ0n) is 13.1. The highest BCUT2D eigenvalue weighted by Gasteiger charge is 2.24. The molecule has 0 radical (unpaired) electrons. The van der Waals surface area contributed by atoms with E-state index in [9.17, 15) is 0 Å². The second kappa shape index (κ2) is 7.05. The third-order valence-corrected chi connectivity index (χ3v) is 3.83. The lowest BCUT2D eigenvalue weighted by molar-refractivity contribution is 0.471. The van der Waals surface area contributed by atoms with E-state index >= 15 is 0 Å². The third-order valence-electron chi connectivity index (χ3n) is 3.54. The van der Waals surface area contributed by atoms with Gasteiger partial charge in [-0.3, -0.25) is 9.67 Å². The van der Waals surface area contributed by atoms with Gasteiger partial charge in [-0.1, -0.05) is 18.5 Å². The molecule has 0 fully saturated rings. The minimum atomic E-state index is 0.0102. The Kier molecular flexibility index (Phi) is 5.37. The van der Waals surface area contributed by atoms with Gasteiger partial charge in [0.1, 0.15) is 0 Å². The van der Waals surface area contributed by atoms with E-state index in [1.807, 2.05) is 23.1 Å². The van der Waals surface area contributed by atoms with Gasteiger partial charge in [0.25, 0.3) is 0 Å². The molecule has 0 saturated carbocycles. The highest BCUT2D eigenvalue weighted by atomic mass is 35.5. The van der Waals surface area contributed by atoms with Crippen molar-refractivity contribution in [2.75, 3.05) is 6.54 Å². The molecule has 0 amide bonds. The summed E-state index contributed by atoms with van der Waals surface area (Å²) in [6.07, 6.45) is 6.51. The lowest BCUT2D eigenvalue weighted by Gasteiger charge is -2.23. The van der Waals surface area contributed by atoms with Gasteiger partial charge in [-0.2, -0.15) is 5.10 Å². The van der Waals surface area contributed by atoms with Crippen molar-refractivity contribution in [1.29, 1.82) is 0 Å². The lowest BCUT2D eigenvalue weighted by atomic mass is 10.0. The highest BCUT2D eigenvalue weighted by Crippen LogP contribution is 2.31. The zero-order valence-corrected chi connectivity index (χ0v) is 13.9. The van der Waals surface area contributed by atoms with Crippen LogP contribution in [0, 0.1) is 6.92 Å². The number of aromatic nitrogens is 3. The van der Waals surface area contributed by atoms with Gasteiger partial charge >= 0.3 is 0 Å². The standard InChI is InChI=1S/C16H23ClN4/c1-5-7-19-15(13-9-18-8-6-12(13)4)16-14(17)10-20-21(16)11(2)3/h6,8-11,15,19H,5,7H2,1-4H3. The topological polar surface area (TPSA) is 42.7 Å². The minimum absolute atomic E-state index is 0.0102. The number of aryl methyl sites for hydroxylation is 1.